The molecule has 1 aliphatic rings. The Bertz CT molecular complexity index is 1840. The maximum Gasteiger partial charge on any atom is 0.326 e. The maximum absolute atomic E-state index is 14.0. The van der Waals surface area contributed by atoms with Crippen LogP contribution in [0.5, 0.6) is 0 Å². The summed E-state index contributed by atoms with van der Waals surface area (Å²) in [6.07, 6.45) is 3.81. The Morgan fingerprint density at radius 3 is 2.07 bits per heavy atom. The molecule has 2 heterocycles. The molecule has 0 fully saturated rings. The van der Waals surface area contributed by atoms with Crippen molar-refractivity contribution < 1.29 is 38.7 Å². The molecule has 6 amide bonds. The molecule has 4 rings (SSSR count). The molecule has 15 heteroatoms. The Labute approximate surface area is 320 Å². The Kier molecular flexibility index (Phi) is 15.3. The molecule has 296 valence electrons. The van der Waals surface area contributed by atoms with Gasteiger partial charge >= 0.3 is 5.97 Å². The third kappa shape index (κ3) is 11.9. The molecule has 1 aromatic heterocycles. The highest BCUT2D eigenvalue weighted by Gasteiger charge is 2.39. The summed E-state index contributed by atoms with van der Waals surface area (Å²) in [7, 11) is 0. The molecule has 1 unspecified atom stereocenters. The van der Waals surface area contributed by atoms with Crippen LogP contribution < -0.4 is 27.4 Å². The summed E-state index contributed by atoms with van der Waals surface area (Å²) >= 11 is 0. The lowest BCUT2D eigenvalue weighted by Crippen LogP contribution is -2.58. The third-order valence-electron chi connectivity index (χ3n) is 10.2. The minimum Gasteiger partial charge on any atom is -0.480 e. The van der Waals surface area contributed by atoms with Gasteiger partial charge in [-0.05, 0) is 36.0 Å². The molecular formula is C40H53N7O8. The van der Waals surface area contributed by atoms with Gasteiger partial charge < -0.3 is 42.4 Å². The van der Waals surface area contributed by atoms with E-state index in [0.29, 0.717) is 37.7 Å². The number of para-hydroxylation sites is 1. The topological polar surface area (TPSA) is 247 Å². The molecule has 2 aromatic carbocycles. The van der Waals surface area contributed by atoms with Crippen LogP contribution in [0.25, 0.3) is 10.9 Å². The predicted octanol–water partition coefficient (Wildman–Crippen LogP) is 2.34. The van der Waals surface area contributed by atoms with Gasteiger partial charge in [-0.15, -0.1) is 0 Å². The number of unbranched alkanes of at least 4 members (excludes halogenated alkanes) is 4. The molecule has 15 nitrogen and oxygen atoms in total. The minimum absolute atomic E-state index is 0.0144. The molecule has 0 radical (unpaired) electrons. The lowest BCUT2D eigenvalue weighted by atomic mass is 9.92. The Hall–Kier alpha value is -5.73. The fraction of sp³-hybridized carbons (Fsp3) is 0.475. The van der Waals surface area contributed by atoms with Gasteiger partial charge in [-0.1, -0.05) is 88.1 Å². The van der Waals surface area contributed by atoms with E-state index in [4.69, 9.17) is 11.5 Å². The number of benzene rings is 2. The molecule has 0 saturated heterocycles. The van der Waals surface area contributed by atoms with Gasteiger partial charge in [0.05, 0.1) is 13.0 Å². The number of nitrogens with zero attached hydrogens (tertiary/aromatic N) is 1. The maximum atomic E-state index is 14.0. The van der Waals surface area contributed by atoms with E-state index >= 15 is 0 Å². The van der Waals surface area contributed by atoms with Crippen LogP contribution in [0.3, 0.4) is 0 Å². The van der Waals surface area contributed by atoms with Gasteiger partial charge in [0.15, 0.2) is 0 Å². The van der Waals surface area contributed by atoms with E-state index in [1.165, 1.54) is 4.90 Å². The number of primary amides is 2. The quantitative estimate of drug-likeness (QED) is 0.0793. The van der Waals surface area contributed by atoms with Gasteiger partial charge in [-0.2, -0.15) is 0 Å². The zero-order chi connectivity index (χ0) is 40.1. The van der Waals surface area contributed by atoms with E-state index in [9.17, 15) is 38.7 Å². The van der Waals surface area contributed by atoms with Crippen LogP contribution in [0.2, 0.25) is 0 Å². The van der Waals surface area contributed by atoms with Crippen molar-refractivity contribution in [3.63, 3.8) is 0 Å². The molecule has 1 aliphatic heterocycles. The number of hydrogen-bond donors (Lipinski definition) is 7. The normalized spacial score (nSPS) is 15.9. The number of carboxylic acids is 1. The summed E-state index contributed by atoms with van der Waals surface area (Å²) in [6, 6.07) is 12.2. The number of H-pyrrole nitrogens is 1. The van der Waals surface area contributed by atoms with Crippen LogP contribution in [0.4, 0.5) is 0 Å². The second kappa shape index (κ2) is 20.1. The van der Waals surface area contributed by atoms with Gasteiger partial charge in [0.2, 0.25) is 35.4 Å². The highest BCUT2D eigenvalue weighted by molar-refractivity contribution is 5.95. The summed E-state index contributed by atoms with van der Waals surface area (Å²) in [5.74, 6) is -4.81. The molecular weight excluding hydrogens is 706 g/mol. The van der Waals surface area contributed by atoms with E-state index in [-0.39, 0.29) is 50.0 Å². The number of aromatic nitrogens is 1. The number of aromatic amines is 1. The SMILES string of the molecule is CC[C@@H](C)[C@H](NC(=O)CCCCCCCC(=O)N[C@@H](CC(N)=O)C(=O)N[C@@H](Cc1ccccc1)C(=O)O)C(=O)N1Cc2[nH]c3ccccc3c2CC1C(N)=O. The predicted molar refractivity (Wildman–Crippen MR) is 205 cm³/mol. The fourth-order valence-corrected chi connectivity index (χ4v) is 6.90. The summed E-state index contributed by atoms with van der Waals surface area (Å²) in [5.41, 5.74) is 14.5. The number of carbonyl (C=O) groups is 7. The summed E-state index contributed by atoms with van der Waals surface area (Å²) in [6.45, 7) is 4.00. The molecule has 9 N–H and O–H groups in total. The van der Waals surface area contributed by atoms with Crippen molar-refractivity contribution in [1.82, 2.24) is 25.8 Å². The highest BCUT2D eigenvalue weighted by atomic mass is 16.4. The second-order valence-corrected chi connectivity index (χ2v) is 14.3. The average Bonchev–Trinajstić information content (AvgIpc) is 3.52. The molecule has 0 bridgehead atoms. The molecule has 3 aromatic rings. The van der Waals surface area contributed by atoms with Crippen LogP contribution >= 0.6 is 0 Å². The monoisotopic (exact) mass is 759 g/mol. The van der Waals surface area contributed by atoms with Crippen LogP contribution in [-0.4, -0.2) is 80.6 Å². The first-order chi connectivity index (χ1) is 26.3. The van der Waals surface area contributed by atoms with E-state index in [2.05, 4.69) is 20.9 Å². The van der Waals surface area contributed by atoms with Gasteiger partial charge in [-0.3, -0.25) is 28.8 Å². The number of rotatable bonds is 21. The van der Waals surface area contributed by atoms with Crippen molar-refractivity contribution in [2.24, 2.45) is 17.4 Å². The van der Waals surface area contributed by atoms with E-state index < -0.39 is 60.2 Å². The molecule has 0 spiro atoms. The zero-order valence-electron chi connectivity index (χ0n) is 31.5. The summed E-state index contributed by atoms with van der Waals surface area (Å²) in [4.78, 5) is 93.5. The van der Waals surface area contributed by atoms with Crippen molar-refractivity contribution in [2.75, 3.05) is 0 Å². The van der Waals surface area contributed by atoms with Crippen LogP contribution in [0.15, 0.2) is 54.6 Å². The van der Waals surface area contributed by atoms with Crippen molar-refractivity contribution >= 4 is 52.3 Å². The first-order valence-corrected chi connectivity index (χ1v) is 18.9. The largest absolute Gasteiger partial charge is 0.480 e. The Morgan fingerprint density at radius 1 is 0.836 bits per heavy atom. The van der Waals surface area contributed by atoms with Gasteiger partial charge in [-0.25, -0.2) is 4.79 Å². The zero-order valence-corrected chi connectivity index (χ0v) is 31.5. The third-order valence-corrected chi connectivity index (χ3v) is 10.2. The average molecular weight is 760 g/mol. The number of nitrogens with one attached hydrogen (secondary N) is 4. The number of nitrogens with two attached hydrogens (primary N) is 2. The number of hydrogen-bond acceptors (Lipinski definition) is 7. The van der Waals surface area contributed by atoms with Gasteiger partial charge in [0.1, 0.15) is 24.2 Å². The van der Waals surface area contributed by atoms with Crippen LogP contribution in [0, 0.1) is 5.92 Å². The summed E-state index contributed by atoms with van der Waals surface area (Å²) < 4.78 is 0. The number of aliphatic carboxylic acids is 1. The van der Waals surface area contributed by atoms with Gasteiger partial charge in [0, 0.05) is 42.3 Å². The standard InChI is InChI=1S/C40H53N7O8/c1-3-24(2)36(39(53)47-23-31-27(21-32(47)37(42)51)26-16-12-13-17-28(26)43-31)46-35(50)19-11-6-4-5-10-18-34(49)44-29(22-33(41)48)38(52)45-30(40(54)55)20-25-14-8-7-9-15-25/h7-9,12-17,24,29-30,32,36,43H,3-6,10-11,18-23H2,1-2H3,(H2,41,48)(H2,42,51)(H,44,49)(H,45,52)(H,46,50)(H,54,55)/t24-,29+,30+,32?,36+/m1/s1. The first kappa shape index (κ1) is 42.0. The Morgan fingerprint density at radius 2 is 1.45 bits per heavy atom. The number of carboxylic acid groups (broad SMARTS) is 1. The molecule has 55 heavy (non-hydrogen) atoms. The number of amides is 6. The van der Waals surface area contributed by atoms with E-state index in [0.717, 1.165) is 28.6 Å². The van der Waals surface area contributed by atoms with Crippen molar-refractivity contribution in [3.8, 4) is 0 Å². The van der Waals surface area contributed by atoms with Crippen molar-refractivity contribution in [1.29, 1.82) is 0 Å². The lowest BCUT2D eigenvalue weighted by Gasteiger charge is -2.37. The van der Waals surface area contributed by atoms with Crippen molar-refractivity contribution in [2.45, 2.75) is 115 Å². The minimum atomic E-state index is -1.32. The molecule has 0 saturated carbocycles. The van der Waals surface area contributed by atoms with Crippen LogP contribution in [-0.2, 0) is 52.9 Å². The number of fused-ring (bicyclic) bond motifs is 3. The van der Waals surface area contributed by atoms with E-state index in [1.807, 2.05) is 38.1 Å². The fourth-order valence-electron chi connectivity index (χ4n) is 6.90. The Balaban J connectivity index is 1.21. The van der Waals surface area contributed by atoms with Crippen molar-refractivity contribution in [3.05, 3.63) is 71.4 Å². The summed E-state index contributed by atoms with van der Waals surface area (Å²) in [5, 5.41) is 18.4. The molecule has 5 atom stereocenters. The second-order valence-electron chi connectivity index (χ2n) is 14.3. The van der Waals surface area contributed by atoms with E-state index in [1.54, 1.807) is 30.3 Å². The highest BCUT2D eigenvalue weighted by Crippen LogP contribution is 2.31. The van der Waals surface area contributed by atoms with Crippen LogP contribution in [0.1, 0.15) is 88.5 Å². The first-order valence-electron chi connectivity index (χ1n) is 18.9. The number of carbonyl (C=O) groups excluding carboxylic acids is 6. The van der Waals surface area contributed by atoms with Gasteiger partial charge in [0.25, 0.3) is 0 Å². The smallest absolute Gasteiger partial charge is 0.326 e. The lowest BCUT2D eigenvalue weighted by molar-refractivity contribution is -0.145. The molecule has 0 aliphatic carbocycles.